The van der Waals surface area contributed by atoms with E-state index < -0.39 is 0 Å². The second-order valence-corrected chi connectivity index (χ2v) is 6.98. The molecule has 0 amide bonds. The summed E-state index contributed by atoms with van der Waals surface area (Å²) in [6.07, 6.45) is 5.15. The number of nitrogens with two attached hydrogens (primary N) is 1. The van der Waals surface area contributed by atoms with Gasteiger partial charge >= 0.3 is 0 Å². The van der Waals surface area contributed by atoms with Crippen molar-refractivity contribution in [3.8, 4) is 0 Å². The first-order valence-electron chi connectivity index (χ1n) is 7.02. The maximum atomic E-state index is 5.52. The fraction of sp³-hybridized carbons (Fsp3) is 0.800. The number of nitrogens with zero attached hydrogens (tertiary/aromatic N) is 2. The molecular formula is C15H29N3O. The first-order chi connectivity index (χ1) is 8.66. The summed E-state index contributed by atoms with van der Waals surface area (Å²) in [5, 5.41) is 0. The molecule has 2 N–H and O–H groups in total. The highest BCUT2D eigenvalue weighted by Gasteiger charge is 2.25. The van der Waals surface area contributed by atoms with Gasteiger partial charge in [0.05, 0.1) is 30.9 Å². The third-order valence-electron chi connectivity index (χ3n) is 3.28. The molecule has 0 bridgehead atoms. The van der Waals surface area contributed by atoms with Crippen molar-refractivity contribution < 1.29 is 4.74 Å². The normalized spacial score (nSPS) is 13.3. The lowest BCUT2D eigenvalue weighted by Gasteiger charge is -2.26. The summed E-state index contributed by atoms with van der Waals surface area (Å²) in [5.41, 5.74) is 6.43. The summed E-state index contributed by atoms with van der Waals surface area (Å²) >= 11 is 0. The van der Waals surface area contributed by atoms with E-state index in [0.29, 0.717) is 5.92 Å². The van der Waals surface area contributed by atoms with Crippen LogP contribution >= 0.6 is 0 Å². The highest BCUT2D eigenvalue weighted by molar-refractivity contribution is 5.11. The van der Waals surface area contributed by atoms with Crippen LogP contribution < -0.4 is 5.73 Å². The fourth-order valence-electron chi connectivity index (χ4n) is 2.63. The molecule has 0 saturated carbocycles. The van der Waals surface area contributed by atoms with Crippen molar-refractivity contribution in [1.82, 2.24) is 9.55 Å². The van der Waals surface area contributed by atoms with E-state index in [4.69, 9.17) is 10.5 Å². The van der Waals surface area contributed by atoms with Gasteiger partial charge in [-0.25, -0.2) is 4.98 Å². The Labute approximate surface area is 117 Å². The highest BCUT2D eigenvalue weighted by atomic mass is 16.5. The third kappa shape index (κ3) is 4.96. The first-order valence-corrected chi connectivity index (χ1v) is 7.02. The minimum absolute atomic E-state index is 0.109. The van der Waals surface area contributed by atoms with Crippen LogP contribution in [0.1, 0.15) is 53.7 Å². The summed E-state index contributed by atoms with van der Waals surface area (Å²) in [6.45, 7) is 14.1. The van der Waals surface area contributed by atoms with Crippen LogP contribution in [0.5, 0.6) is 0 Å². The second-order valence-electron chi connectivity index (χ2n) is 6.98. The zero-order chi connectivity index (χ0) is 14.7. The van der Waals surface area contributed by atoms with Crippen molar-refractivity contribution in [3.63, 3.8) is 0 Å². The third-order valence-corrected chi connectivity index (χ3v) is 3.28. The molecule has 0 aliphatic rings. The fourth-order valence-corrected chi connectivity index (χ4v) is 2.63. The van der Waals surface area contributed by atoms with Crippen molar-refractivity contribution in [1.29, 1.82) is 0 Å². The molecular weight excluding hydrogens is 238 g/mol. The van der Waals surface area contributed by atoms with Gasteiger partial charge in [0.1, 0.15) is 0 Å². The summed E-state index contributed by atoms with van der Waals surface area (Å²) in [6, 6.07) is 0. The van der Waals surface area contributed by atoms with Crippen LogP contribution in [0, 0.1) is 5.92 Å². The number of hydrogen-bond donors (Lipinski definition) is 1. The molecule has 19 heavy (non-hydrogen) atoms. The molecule has 0 fully saturated rings. The van der Waals surface area contributed by atoms with E-state index in [1.807, 2.05) is 20.2 Å². The van der Waals surface area contributed by atoms with Crippen molar-refractivity contribution in [3.05, 3.63) is 18.2 Å². The molecule has 1 heterocycles. The van der Waals surface area contributed by atoms with E-state index in [-0.39, 0.29) is 17.7 Å². The van der Waals surface area contributed by atoms with Gasteiger partial charge in [-0.1, -0.05) is 27.7 Å². The zero-order valence-electron chi connectivity index (χ0n) is 13.2. The highest BCUT2D eigenvalue weighted by Crippen LogP contribution is 2.29. The van der Waals surface area contributed by atoms with Gasteiger partial charge in [-0.3, -0.25) is 0 Å². The van der Waals surface area contributed by atoms with Gasteiger partial charge in [0, 0.05) is 11.6 Å². The van der Waals surface area contributed by atoms with E-state index in [2.05, 4.69) is 43.4 Å². The van der Waals surface area contributed by atoms with E-state index >= 15 is 0 Å². The van der Waals surface area contributed by atoms with Gasteiger partial charge in [0.2, 0.25) is 0 Å². The lowest BCUT2D eigenvalue weighted by Crippen LogP contribution is -2.32. The Hall–Kier alpha value is -0.870. The summed E-state index contributed by atoms with van der Waals surface area (Å²) in [4.78, 5) is 4.56. The number of ether oxygens (including phenoxy) is 1. The van der Waals surface area contributed by atoms with Gasteiger partial charge in [-0.05, 0) is 26.2 Å². The average Bonchev–Trinajstić information content (AvgIpc) is 2.63. The van der Waals surface area contributed by atoms with E-state index in [1.165, 1.54) is 0 Å². The number of rotatable bonds is 7. The molecule has 4 nitrogen and oxygen atoms in total. The van der Waals surface area contributed by atoms with Gasteiger partial charge in [0.15, 0.2) is 0 Å². The van der Waals surface area contributed by atoms with Gasteiger partial charge in [0.25, 0.3) is 0 Å². The molecule has 1 rings (SSSR count). The smallest absolute Gasteiger partial charge is 0.0950 e. The van der Waals surface area contributed by atoms with Crippen LogP contribution in [-0.4, -0.2) is 21.9 Å². The van der Waals surface area contributed by atoms with Crippen molar-refractivity contribution in [2.75, 3.05) is 6.73 Å². The van der Waals surface area contributed by atoms with Crippen LogP contribution in [0.15, 0.2) is 12.5 Å². The molecule has 0 aromatic carbocycles. The van der Waals surface area contributed by atoms with Crippen LogP contribution in [0.3, 0.4) is 0 Å². The monoisotopic (exact) mass is 267 g/mol. The Balaban J connectivity index is 2.77. The summed E-state index contributed by atoms with van der Waals surface area (Å²) in [5.74, 6) is 0.664. The maximum Gasteiger partial charge on any atom is 0.0950 e. The number of aromatic nitrogens is 2. The molecule has 0 spiro atoms. The molecule has 0 aliphatic carbocycles. The SMILES string of the molecule is CC(C)CC(C)(C)c1cn(CC(C)(C)OCN)cn1. The topological polar surface area (TPSA) is 53.1 Å². The quantitative estimate of drug-likeness (QED) is 0.773. The number of imidazole rings is 1. The first kappa shape index (κ1) is 16.2. The Morgan fingerprint density at radius 1 is 1.32 bits per heavy atom. The van der Waals surface area contributed by atoms with Gasteiger partial charge in [-0.2, -0.15) is 0 Å². The minimum Gasteiger partial charge on any atom is -0.359 e. The second kappa shape index (κ2) is 6.06. The minimum atomic E-state index is -0.269. The Bertz CT molecular complexity index is 394. The Morgan fingerprint density at radius 2 is 1.95 bits per heavy atom. The van der Waals surface area contributed by atoms with Crippen LogP contribution in [-0.2, 0) is 16.7 Å². The zero-order valence-corrected chi connectivity index (χ0v) is 13.2. The molecule has 0 unspecified atom stereocenters. The molecule has 0 atom stereocenters. The average molecular weight is 267 g/mol. The molecule has 4 heteroatoms. The van der Waals surface area contributed by atoms with E-state index in [9.17, 15) is 0 Å². The largest absolute Gasteiger partial charge is 0.359 e. The molecule has 1 aromatic heterocycles. The lowest BCUT2D eigenvalue weighted by molar-refractivity contribution is -0.0261. The lowest BCUT2D eigenvalue weighted by atomic mass is 9.81. The van der Waals surface area contributed by atoms with Crippen molar-refractivity contribution >= 4 is 0 Å². The molecule has 0 radical (unpaired) electrons. The van der Waals surface area contributed by atoms with E-state index in [0.717, 1.165) is 18.7 Å². The molecule has 110 valence electrons. The molecule has 0 aliphatic heterocycles. The van der Waals surface area contributed by atoms with Gasteiger partial charge in [-0.15, -0.1) is 0 Å². The molecule has 1 aromatic rings. The van der Waals surface area contributed by atoms with Crippen LogP contribution in [0.25, 0.3) is 0 Å². The standard InChI is InChI=1S/C15H29N3O/c1-12(2)7-14(3,4)13-8-18(11-17-13)9-15(5,6)19-10-16/h8,11-12H,7,9-10,16H2,1-6H3. The predicted octanol–water partition coefficient (Wildman–Crippen LogP) is 2.92. The Morgan fingerprint density at radius 3 is 2.47 bits per heavy atom. The molecule has 0 saturated heterocycles. The maximum absolute atomic E-state index is 5.52. The number of hydrogen-bond acceptors (Lipinski definition) is 3. The van der Waals surface area contributed by atoms with Crippen molar-refractivity contribution in [2.24, 2.45) is 11.7 Å². The van der Waals surface area contributed by atoms with Crippen molar-refractivity contribution in [2.45, 2.75) is 65.5 Å². The van der Waals surface area contributed by atoms with E-state index in [1.54, 1.807) is 0 Å². The predicted molar refractivity (Wildman–Crippen MR) is 78.9 cm³/mol. The summed E-state index contributed by atoms with van der Waals surface area (Å²) < 4.78 is 7.61. The van der Waals surface area contributed by atoms with Gasteiger partial charge < -0.3 is 15.0 Å². The summed E-state index contributed by atoms with van der Waals surface area (Å²) in [7, 11) is 0. The van der Waals surface area contributed by atoms with Crippen LogP contribution in [0.2, 0.25) is 0 Å². The van der Waals surface area contributed by atoms with Crippen LogP contribution in [0.4, 0.5) is 0 Å². The Kier molecular flexibility index (Phi) is 5.16.